The molecule has 0 spiro atoms. The predicted molar refractivity (Wildman–Crippen MR) is 75.3 cm³/mol. The number of benzene rings is 1. The van der Waals surface area contributed by atoms with Crippen molar-refractivity contribution in [2.75, 3.05) is 0 Å². The number of nitrogens with zero attached hydrogens (tertiary/aromatic N) is 2. The van der Waals surface area contributed by atoms with Crippen LogP contribution in [0.25, 0.3) is 0 Å². The normalized spacial score (nSPS) is 10.6. The number of nitro groups is 1. The van der Waals surface area contributed by atoms with Gasteiger partial charge in [0.1, 0.15) is 5.82 Å². The van der Waals surface area contributed by atoms with Crippen LogP contribution in [0.2, 0.25) is 0 Å². The Morgan fingerprint density at radius 1 is 1.35 bits per heavy atom. The monoisotopic (exact) mass is 340 g/mol. The Kier molecular flexibility index (Phi) is 3.99. The summed E-state index contributed by atoms with van der Waals surface area (Å²) in [6.07, 6.45) is 0. The lowest BCUT2D eigenvalue weighted by atomic mass is 10.2. The van der Waals surface area contributed by atoms with Crippen molar-refractivity contribution in [3.63, 3.8) is 0 Å². The van der Waals surface area contributed by atoms with Crippen LogP contribution in [0.1, 0.15) is 11.3 Å². The fourth-order valence-electron chi connectivity index (χ4n) is 1.81. The minimum Gasteiger partial charge on any atom is -0.303 e. The molecule has 0 radical (unpaired) electrons. The molecular weight excluding hydrogens is 331 g/mol. The number of halogens is 2. The van der Waals surface area contributed by atoms with Crippen LogP contribution in [0.15, 0.2) is 39.6 Å². The van der Waals surface area contributed by atoms with Crippen molar-refractivity contribution < 1.29 is 9.31 Å². The first-order chi connectivity index (χ1) is 9.40. The standard InChI is InChI=1S/C13H10BrFN2O3/c1-8-2-5-12(17(19)20)13(18)16(8)7-9-3-4-10(14)6-11(9)15/h2-6H,7H2,1H3. The molecule has 20 heavy (non-hydrogen) atoms. The van der Waals surface area contributed by atoms with Gasteiger partial charge in [-0.15, -0.1) is 0 Å². The third-order valence-corrected chi connectivity index (χ3v) is 3.41. The first kappa shape index (κ1) is 14.4. The molecule has 0 saturated carbocycles. The maximum absolute atomic E-state index is 13.8. The molecular formula is C13H10BrFN2O3. The molecule has 0 aliphatic heterocycles. The maximum Gasteiger partial charge on any atom is 0.334 e. The topological polar surface area (TPSA) is 65.1 Å². The molecule has 2 rings (SSSR count). The highest BCUT2D eigenvalue weighted by molar-refractivity contribution is 9.10. The predicted octanol–water partition coefficient (Wildman–Crippen LogP) is 3.01. The molecule has 1 aromatic heterocycles. The van der Waals surface area contributed by atoms with E-state index >= 15 is 0 Å². The van der Waals surface area contributed by atoms with Crippen LogP contribution in [0.4, 0.5) is 10.1 Å². The van der Waals surface area contributed by atoms with Gasteiger partial charge in [-0.05, 0) is 25.1 Å². The molecule has 7 heteroatoms. The Morgan fingerprint density at radius 2 is 2.05 bits per heavy atom. The molecule has 0 N–H and O–H groups in total. The third-order valence-electron chi connectivity index (χ3n) is 2.91. The molecule has 0 saturated heterocycles. The number of aryl methyl sites for hydroxylation is 1. The summed E-state index contributed by atoms with van der Waals surface area (Å²) in [5.74, 6) is -0.475. The van der Waals surface area contributed by atoms with E-state index in [1.807, 2.05) is 0 Å². The Morgan fingerprint density at radius 3 is 2.65 bits per heavy atom. The summed E-state index contributed by atoms with van der Waals surface area (Å²) < 4.78 is 15.5. The van der Waals surface area contributed by atoms with Gasteiger partial charge in [-0.1, -0.05) is 22.0 Å². The second kappa shape index (κ2) is 5.54. The zero-order valence-corrected chi connectivity index (χ0v) is 12.1. The summed E-state index contributed by atoms with van der Waals surface area (Å²) >= 11 is 3.14. The summed E-state index contributed by atoms with van der Waals surface area (Å²) in [4.78, 5) is 22.0. The van der Waals surface area contributed by atoms with E-state index in [9.17, 15) is 19.3 Å². The molecule has 0 aliphatic carbocycles. The van der Waals surface area contributed by atoms with Crippen molar-refractivity contribution in [2.45, 2.75) is 13.5 Å². The van der Waals surface area contributed by atoms with Crippen molar-refractivity contribution in [1.29, 1.82) is 0 Å². The van der Waals surface area contributed by atoms with E-state index in [0.29, 0.717) is 15.7 Å². The van der Waals surface area contributed by atoms with Gasteiger partial charge in [-0.3, -0.25) is 14.9 Å². The van der Waals surface area contributed by atoms with E-state index in [-0.39, 0.29) is 6.54 Å². The van der Waals surface area contributed by atoms with Gasteiger partial charge in [0.05, 0.1) is 11.5 Å². The van der Waals surface area contributed by atoms with E-state index in [4.69, 9.17) is 0 Å². The van der Waals surface area contributed by atoms with Gasteiger partial charge < -0.3 is 4.57 Å². The zero-order valence-electron chi connectivity index (χ0n) is 10.5. The molecule has 0 atom stereocenters. The fourth-order valence-corrected chi connectivity index (χ4v) is 2.15. The average molecular weight is 341 g/mol. The molecule has 5 nitrogen and oxygen atoms in total. The highest BCUT2D eigenvalue weighted by Gasteiger charge is 2.16. The largest absolute Gasteiger partial charge is 0.334 e. The van der Waals surface area contributed by atoms with Crippen molar-refractivity contribution in [1.82, 2.24) is 4.57 Å². The smallest absolute Gasteiger partial charge is 0.303 e. The summed E-state index contributed by atoms with van der Waals surface area (Å²) in [6, 6.07) is 7.09. The first-order valence-corrected chi connectivity index (χ1v) is 6.48. The van der Waals surface area contributed by atoms with Crippen LogP contribution in [0.3, 0.4) is 0 Å². The lowest BCUT2D eigenvalue weighted by Gasteiger charge is -2.10. The highest BCUT2D eigenvalue weighted by Crippen LogP contribution is 2.17. The van der Waals surface area contributed by atoms with Gasteiger partial charge in [0.25, 0.3) is 0 Å². The van der Waals surface area contributed by atoms with Crippen LogP contribution < -0.4 is 5.56 Å². The maximum atomic E-state index is 13.8. The molecule has 0 amide bonds. The Bertz CT molecular complexity index is 743. The van der Waals surface area contributed by atoms with Crippen LogP contribution in [-0.2, 0) is 6.54 Å². The van der Waals surface area contributed by atoms with Gasteiger partial charge in [-0.25, -0.2) is 4.39 Å². The first-order valence-electron chi connectivity index (χ1n) is 5.69. The number of rotatable bonds is 3. The summed E-state index contributed by atoms with van der Waals surface area (Å²) in [7, 11) is 0. The molecule has 0 unspecified atom stereocenters. The van der Waals surface area contributed by atoms with Gasteiger partial charge in [0.15, 0.2) is 0 Å². The van der Waals surface area contributed by atoms with Gasteiger partial charge in [0.2, 0.25) is 0 Å². The molecule has 104 valence electrons. The van der Waals surface area contributed by atoms with Crippen LogP contribution in [0, 0.1) is 22.9 Å². The Hall–Kier alpha value is -2.02. The highest BCUT2D eigenvalue weighted by atomic mass is 79.9. The summed E-state index contributed by atoms with van der Waals surface area (Å²) in [5, 5.41) is 10.8. The lowest BCUT2D eigenvalue weighted by Crippen LogP contribution is -2.25. The molecule has 0 aliphatic rings. The minimum absolute atomic E-state index is 0.0501. The lowest BCUT2D eigenvalue weighted by molar-refractivity contribution is -0.386. The van der Waals surface area contributed by atoms with Crippen LogP contribution in [-0.4, -0.2) is 9.49 Å². The SMILES string of the molecule is Cc1ccc([N+](=O)[O-])c(=O)n1Cc1ccc(Br)cc1F. The second-order valence-electron chi connectivity index (χ2n) is 4.24. The zero-order chi connectivity index (χ0) is 14.9. The van der Waals surface area contributed by atoms with Crippen molar-refractivity contribution in [3.05, 3.63) is 72.3 Å². The second-order valence-corrected chi connectivity index (χ2v) is 5.16. The van der Waals surface area contributed by atoms with E-state index in [2.05, 4.69) is 15.9 Å². The fraction of sp³-hybridized carbons (Fsp3) is 0.154. The van der Waals surface area contributed by atoms with Crippen molar-refractivity contribution >= 4 is 21.6 Å². The van der Waals surface area contributed by atoms with Crippen molar-refractivity contribution in [3.8, 4) is 0 Å². The summed E-state index contributed by atoms with van der Waals surface area (Å²) in [6.45, 7) is 1.59. The van der Waals surface area contributed by atoms with E-state index in [1.54, 1.807) is 13.0 Å². The average Bonchev–Trinajstić information content (AvgIpc) is 2.36. The number of aromatic nitrogens is 1. The molecule has 1 aromatic carbocycles. The number of hydrogen-bond acceptors (Lipinski definition) is 3. The molecule has 1 heterocycles. The number of pyridine rings is 1. The van der Waals surface area contributed by atoms with E-state index < -0.39 is 22.0 Å². The minimum atomic E-state index is -0.740. The Labute approximate surface area is 121 Å². The molecule has 0 bridgehead atoms. The number of hydrogen-bond donors (Lipinski definition) is 0. The Balaban J connectivity index is 2.51. The van der Waals surface area contributed by atoms with Crippen LogP contribution in [0.5, 0.6) is 0 Å². The summed E-state index contributed by atoms with van der Waals surface area (Å²) in [5.41, 5.74) is -0.438. The third kappa shape index (κ3) is 2.77. The van der Waals surface area contributed by atoms with Gasteiger partial charge in [-0.2, -0.15) is 0 Å². The van der Waals surface area contributed by atoms with Gasteiger partial charge in [0, 0.05) is 21.8 Å². The molecule has 0 fully saturated rings. The molecule has 2 aromatic rings. The van der Waals surface area contributed by atoms with Crippen LogP contribution >= 0.6 is 15.9 Å². The van der Waals surface area contributed by atoms with Crippen molar-refractivity contribution in [2.24, 2.45) is 0 Å². The van der Waals surface area contributed by atoms with Gasteiger partial charge >= 0.3 is 11.2 Å². The van der Waals surface area contributed by atoms with E-state index in [0.717, 1.165) is 6.07 Å². The van der Waals surface area contributed by atoms with E-state index in [1.165, 1.54) is 22.8 Å². The quantitative estimate of drug-likeness (QED) is 0.637.